The fourth-order valence-electron chi connectivity index (χ4n) is 2.71. The summed E-state index contributed by atoms with van der Waals surface area (Å²) in [6.07, 6.45) is 5.02. The lowest BCUT2D eigenvalue weighted by Gasteiger charge is -2.30. The van der Waals surface area contributed by atoms with Crippen molar-refractivity contribution in [2.24, 2.45) is 5.92 Å². The van der Waals surface area contributed by atoms with Crippen molar-refractivity contribution in [1.82, 2.24) is 10.3 Å². The molecule has 0 aromatic carbocycles. The number of rotatable bonds is 4. The van der Waals surface area contributed by atoms with Crippen molar-refractivity contribution in [3.63, 3.8) is 0 Å². The van der Waals surface area contributed by atoms with Crippen LogP contribution < -0.4 is 15.4 Å². The van der Waals surface area contributed by atoms with Crippen molar-refractivity contribution in [3.8, 4) is 5.88 Å². The van der Waals surface area contributed by atoms with Crippen molar-refractivity contribution < 1.29 is 19.1 Å². The zero-order chi connectivity index (χ0) is 15.9. The van der Waals surface area contributed by atoms with Gasteiger partial charge in [0.05, 0.1) is 20.1 Å². The molecule has 2 N–H and O–H groups in total. The number of pyridine rings is 1. The lowest BCUT2D eigenvalue weighted by Crippen LogP contribution is -2.47. The fourth-order valence-corrected chi connectivity index (χ4v) is 2.71. The monoisotopic (exact) mass is 307 g/mol. The molecule has 2 amide bonds. The number of carbonyl (C=O) groups excluding carboxylic acids is 2. The van der Waals surface area contributed by atoms with E-state index < -0.39 is 0 Å². The SMILES string of the molecule is COC(=O)[C@@H]1CCCC[C@H]1NC(=O)Nc1cccnc1OC. The minimum absolute atomic E-state index is 0.219. The normalized spacial score (nSPS) is 20.8. The molecule has 2 rings (SSSR count). The summed E-state index contributed by atoms with van der Waals surface area (Å²) in [5.74, 6) is -0.227. The highest BCUT2D eigenvalue weighted by Crippen LogP contribution is 2.26. The maximum Gasteiger partial charge on any atom is 0.319 e. The summed E-state index contributed by atoms with van der Waals surface area (Å²) in [5.41, 5.74) is 0.480. The van der Waals surface area contributed by atoms with Crippen LogP contribution in [0.2, 0.25) is 0 Å². The molecule has 120 valence electrons. The molecule has 1 fully saturated rings. The highest BCUT2D eigenvalue weighted by molar-refractivity contribution is 5.91. The average Bonchev–Trinajstić information content (AvgIpc) is 2.55. The van der Waals surface area contributed by atoms with Crippen LogP contribution in [0.15, 0.2) is 18.3 Å². The highest BCUT2D eigenvalue weighted by Gasteiger charge is 2.32. The molecule has 7 heteroatoms. The third-order valence-electron chi connectivity index (χ3n) is 3.80. The Balaban J connectivity index is 1.99. The number of urea groups is 1. The van der Waals surface area contributed by atoms with Crippen LogP contribution in [-0.2, 0) is 9.53 Å². The van der Waals surface area contributed by atoms with Crippen LogP contribution in [0.4, 0.5) is 10.5 Å². The van der Waals surface area contributed by atoms with Gasteiger partial charge in [-0.15, -0.1) is 0 Å². The van der Waals surface area contributed by atoms with Crippen LogP contribution in [-0.4, -0.2) is 37.2 Å². The van der Waals surface area contributed by atoms with Crippen LogP contribution in [0.25, 0.3) is 0 Å². The second-order valence-electron chi connectivity index (χ2n) is 5.18. The third-order valence-corrected chi connectivity index (χ3v) is 3.80. The van der Waals surface area contributed by atoms with E-state index in [0.29, 0.717) is 11.6 Å². The first-order valence-electron chi connectivity index (χ1n) is 7.30. The Hall–Kier alpha value is -2.31. The Morgan fingerprint density at radius 1 is 1.27 bits per heavy atom. The Morgan fingerprint density at radius 3 is 2.77 bits per heavy atom. The number of amides is 2. The highest BCUT2D eigenvalue weighted by atomic mass is 16.5. The summed E-state index contributed by atoms with van der Waals surface area (Å²) in [5, 5.41) is 5.55. The van der Waals surface area contributed by atoms with Gasteiger partial charge in [-0.05, 0) is 25.0 Å². The minimum atomic E-state index is -0.382. The summed E-state index contributed by atoms with van der Waals surface area (Å²) in [7, 11) is 2.86. The van der Waals surface area contributed by atoms with Crippen molar-refractivity contribution >= 4 is 17.7 Å². The molecule has 0 radical (unpaired) electrons. The van der Waals surface area contributed by atoms with Gasteiger partial charge in [0, 0.05) is 12.2 Å². The molecule has 7 nitrogen and oxygen atoms in total. The van der Waals surface area contributed by atoms with E-state index in [0.717, 1.165) is 25.7 Å². The molecule has 22 heavy (non-hydrogen) atoms. The number of esters is 1. The van der Waals surface area contributed by atoms with E-state index in [1.165, 1.54) is 14.2 Å². The van der Waals surface area contributed by atoms with Gasteiger partial charge in [0.2, 0.25) is 5.88 Å². The molecule has 0 aliphatic heterocycles. The summed E-state index contributed by atoms with van der Waals surface area (Å²) < 4.78 is 9.90. The predicted molar refractivity (Wildman–Crippen MR) is 80.7 cm³/mol. The lowest BCUT2D eigenvalue weighted by molar-refractivity contribution is -0.147. The van der Waals surface area contributed by atoms with Crippen molar-refractivity contribution in [1.29, 1.82) is 0 Å². The van der Waals surface area contributed by atoms with Crippen molar-refractivity contribution in [2.45, 2.75) is 31.7 Å². The number of anilines is 1. The standard InChI is InChI=1S/C15H21N3O4/c1-21-13-12(8-5-9-16-13)18-15(20)17-11-7-4-3-6-10(11)14(19)22-2/h5,8-11H,3-4,6-7H2,1-2H3,(H2,17,18,20)/t10-,11-/m1/s1. The number of nitrogens with one attached hydrogen (secondary N) is 2. The zero-order valence-electron chi connectivity index (χ0n) is 12.8. The van der Waals surface area contributed by atoms with Gasteiger partial charge in [-0.2, -0.15) is 0 Å². The van der Waals surface area contributed by atoms with E-state index >= 15 is 0 Å². The molecule has 0 unspecified atom stereocenters. The van der Waals surface area contributed by atoms with E-state index in [4.69, 9.17) is 9.47 Å². The van der Waals surface area contributed by atoms with Crippen LogP contribution in [0.5, 0.6) is 5.88 Å². The average molecular weight is 307 g/mol. The van der Waals surface area contributed by atoms with Crippen LogP contribution in [0.3, 0.4) is 0 Å². The third kappa shape index (κ3) is 3.87. The molecule has 1 aromatic heterocycles. The Bertz CT molecular complexity index is 535. The van der Waals surface area contributed by atoms with Gasteiger partial charge in [0.25, 0.3) is 0 Å². The van der Waals surface area contributed by atoms with Gasteiger partial charge in [0.15, 0.2) is 0 Å². The molecule has 1 heterocycles. The topological polar surface area (TPSA) is 89.5 Å². The minimum Gasteiger partial charge on any atom is -0.480 e. The number of aromatic nitrogens is 1. The summed E-state index contributed by atoms with van der Waals surface area (Å²) in [6.45, 7) is 0. The fraction of sp³-hybridized carbons (Fsp3) is 0.533. The van der Waals surface area contributed by atoms with Crippen molar-refractivity contribution in [2.75, 3.05) is 19.5 Å². The quantitative estimate of drug-likeness (QED) is 0.830. The first-order chi connectivity index (χ1) is 10.7. The second kappa shape index (κ2) is 7.63. The number of hydrogen-bond donors (Lipinski definition) is 2. The van der Waals surface area contributed by atoms with E-state index in [9.17, 15) is 9.59 Å². The van der Waals surface area contributed by atoms with E-state index in [1.807, 2.05) is 0 Å². The molecule has 2 atom stereocenters. The largest absolute Gasteiger partial charge is 0.480 e. The number of ether oxygens (including phenoxy) is 2. The Labute approximate surface area is 129 Å². The second-order valence-corrected chi connectivity index (χ2v) is 5.18. The number of carbonyl (C=O) groups is 2. The Morgan fingerprint density at radius 2 is 2.05 bits per heavy atom. The maximum atomic E-state index is 12.1. The summed E-state index contributed by atoms with van der Waals surface area (Å²) in [6, 6.07) is 2.80. The molecule has 1 aromatic rings. The molecular weight excluding hydrogens is 286 g/mol. The zero-order valence-corrected chi connectivity index (χ0v) is 12.8. The van der Waals surface area contributed by atoms with Crippen LogP contribution in [0, 0.1) is 5.92 Å². The molecule has 0 bridgehead atoms. The number of nitrogens with zero attached hydrogens (tertiary/aromatic N) is 1. The first kappa shape index (κ1) is 16.1. The smallest absolute Gasteiger partial charge is 0.319 e. The van der Waals surface area contributed by atoms with E-state index in [2.05, 4.69) is 15.6 Å². The molecule has 1 aliphatic carbocycles. The van der Waals surface area contributed by atoms with E-state index in [1.54, 1.807) is 18.3 Å². The molecule has 1 saturated carbocycles. The van der Waals surface area contributed by atoms with Crippen LogP contribution >= 0.6 is 0 Å². The van der Waals surface area contributed by atoms with Gasteiger partial charge < -0.3 is 20.1 Å². The van der Waals surface area contributed by atoms with Gasteiger partial charge >= 0.3 is 12.0 Å². The van der Waals surface area contributed by atoms with Crippen LogP contribution in [0.1, 0.15) is 25.7 Å². The van der Waals surface area contributed by atoms with E-state index in [-0.39, 0.29) is 24.0 Å². The molecule has 0 saturated heterocycles. The summed E-state index contributed by atoms with van der Waals surface area (Å²) >= 11 is 0. The Kier molecular flexibility index (Phi) is 5.57. The van der Waals surface area contributed by atoms with Gasteiger partial charge in [0.1, 0.15) is 5.69 Å². The number of hydrogen-bond acceptors (Lipinski definition) is 5. The van der Waals surface area contributed by atoms with Crippen molar-refractivity contribution in [3.05, 3.63) is 18.3 Å². The number of methoxy groups -OCH3 is 2. The molecular formula is C15H21N3O4. The predicted octanol–water partition coefficient (Wildman–Crippen LogP) is 1.94. The van der Waals surface area contributed by atoms with Gasteiger partial charge in [-0.3, -0.25) is 4.79 Å². The maximum absolute atomic E-state index is 12.1. The van der Waals surface area contributed by atoms with Gasteiger partial charge in [-0.25, -0.2) is 9.78 Å². The lowest BCUT2D eigenvalue weighted by atomic mass is 9.84. The summed E-state index contributed by atoms with van der Waals surface area (Å²) in [4.78, 5) is 28.0. The van der Waals surface area contributed by atoms with Gasteiger partial charge in [-0.1, -0.05) is 12.8 Å². The molecule has 1 aliphatic rings. The first-order valence-corrected chi connectivity index (χ1v) is 7.30. The molecule has 0 spiro atoms.